The van der Waals surface area contributed by atoms with Crippen LogP contribution in [0.15, 0.2) is 49.1 Å². The van der Waals surface area contributed by atoms with Crippen LogP contribution >= 0.6 is 0 Å². The van der Waals surface area contributed by atoms with Gasteiger partial charge in [-0.05, 0) is 36.4 Å². The van der Waals surface area contributed by atoms with Gasteiger partial charge in [-0.3, -0.25) is 9.59 Å². The number of nitrogens with two attached hydrogens (primary N) is 1. The van der Waals surface area contributed by atoms with Gasteiger partial charge in [0.1, 0.15) is 12.7 Å². The van der Waals surface area contributed by atoms with Crippen molar-refractivity contribution in [3.63, 3.8) is 0 Å². The Kier molecular flexibility index (Phi) is 3.75. The lowest BCUT2D eigenvalue weighted by Crippen LogP contribution is -2.15. The molecule has 114 valence electrons. The number of primary amides is 1. The molecule has 0 atom stereocenters. The fourth-order valence-electron chi connectivity index (χ4n) is 1.81. The largest absolute Gasteiger partial charge is 0.366 e. The van der Waals surface area contributed by atoms with E-state index in [4.69, 9.17) is 5.73 Å². The summed E-state index contributed by atoms with van der Waals surface area (Å²) in [7, 11) is 0. The first kappa shape index (κ1) is 14.3. The van der Waals surface area contributed by atoms with E-state index in [-0.39, 0.29) is 5.69 Å². The van der Waals surface area contributed by atoms with E-state index >= 15 is 0 Å². The van der Waals surface area contributed by atoms with E-state index in [0.717, 1.165) is 0 Å². The first-order valence-electron chi connectivity index (χ1n) is 6.53. The van der Waals surface area contributed by atoms with Crippen molar-refractivity contribution in [2.45, 2.75) is 0 Å². The fraction of sp³-hybridized carbons (Fsp3) is 0. The smallest absolute Gasteiger partial charge is 0.276 e. The molecule has 2 aromatic heterocycles. The van der Waals surface area contributed by atoms with Crippen molar-refractivity contribution in [3.8, 4) is 5.82 Å². The van der Waals surface area contributed by atoms with E-state index in [2.05, 4.69) is 25.6 Å². The van der Waals surface area contributed by atoms with Crippen molar-refractivity contribution >= 4 is 17.5 Å². The quantitative estimate of drug-likeness (QED) is 0.718. The van der Waals surface area contributed by atoms with Crippen LogP contribution in [0.25, 0.3) is 5.82 Å². The van der Waals surface area contributed by atoms with E-state index < -0.39 is 11.8 Å². The Morgan fingerprint density at radius 2 is 1.83 bits per heavy atom. The molecule has 3 rings (SSSR count). The molecule has 0 radical (unpaired) electrons. The van der Waals surface area contributed by atoms with E-state index in [1.807, 2.05) is 0 Å². The maximum Gasteiger partial charge on any atom is 0.276 e. The van der Waals surface area contributed by atoms with Gasteiger partial charge in [-0.2, -0.15) is 5.10 Å². The Bertz CT molecular complexity index is 827. The van der Waals surface area contributed by atoms with Crippen molar-refractivity contribution in [1.82, 2.24) is 25.0 Å². The lowest BCUT2D eigenvalue weighted by atomic mass is 10.2. The molecule has 0 unspecified atom stereocenters. The van der Waals surface area contributed by atoms with E-state index in [9.17, 15) is 9.59 Å². The third-order valence-corrected chi connectivity index (χ3v) is 2.96. The van der Waals surface area contributed by atoms with E-state index in [0.29, 0.717) is 17.1 Å². The van der Waals surface area contributed by atoms with Gasteiger partial charge < -0.3 is 11.1 Å². The first-order chi connectivity index (χ1) is 11.1. The summed E-state index contributed by atoms with van der Waals surface area (Å²) in [5, 5.41) is 14.3. The van der Waals surface area contributed by atoms with Crippen molar-refractivity contribution in [2.75, 3.05) is 5.32 Å². The molecule has 0 fully saturated rings. The van der Waals surface area contributed by atoms with Gasteiger partial charge in [-0.25, -0.2) is 9.67 Å². The third-order valence-electron chi connectivity index (χ3n) is 2.96. The van der Waals surface area contributed by atoms with Crippen LogP contribution in [-0.2, 0) is 0 Å². The van der Waals surface area contributed by atoms with Crippen LogP contribution in [-0.4, -0.2) is 36.8 Å². The Hall–Kier alpha value is -3.62. The predicted molar refractivity (Wildman–Crippen MR) is 79.9 cm³/mol. The molecule has 3 N–H and O–H groups in total. The SMILES string of the molecule is NC(=O)c1ccc(NC(=O)c2ccc(-n3cncn3)nn2)cc1. The third kappa shape index (κ3) is 3.18. The minimum absolute atomic E-state index is 0.146. The first-order valence-corrected chi connectivity index (χ1v) is 6.53. The molecule has 2 amide bonds. The van der Waals surface area contributed by atoms with Crippen LogP contribution < -0.4 is 11.1 Å². The number of benzene rings is 1. The zero-order valence-electron chi connectivity index (χ0n) is 11.7. The van der Waals surface area contributed by atoms with Gasteiger partial charge in [-0.15, -0.1) is 10.2 Å². The molecular formula is C14H11N7O2. The molecule has 0 bridgehead atoms. The molecule has 23 heavy (non-hydrogen) atoms. The zero-order valence-corrected chi connectivity index (χ0v) is 11.7. The van der Waals surface area contributed by atoms with Crippen molar-refractivity contribution in [3.05, 3.63) is 60.3 Å². The highest BCUT2D eigenvalue weighted by Gasteiger charge is 2.10. The van der Waals surface area contributed by atoms with E-state index in [1.165, 1.54) is 35.5 Å². The molecule has 0 aliphatic rings. The maximum absolute atomic E-state index is 12.1. The molecule has 0 aliphatic carbocycles. The number of anilines is 1. The number of nitrogens with one attached hydrogen (secondary N) is 1. The van der Waals surface area contributed by atoms with Gasteiger partial charge in [0.05, 0.1) is 0 Å². The second-order valence-electron chi connectivity index (χ2n) is 4.51. The summed E-state index contributed by atoms with van der Waals surface area (Å²) < 4.78 is 1.43. The van der Waals surface area contributed by atoms with Gasteiger partial charge >= 0.3 is 0 Å². The molecule has 2 heterocycles. The summed E-state index contributed by atoms with van der Waals surface area (Å²) in [4.78, 5) is 26.9. The molecule has 9 heteroatoms. The number of rotatable bonds is 4. The Morgan fingerprint density at radius 1 is 1.04 bits per heavy atom. The van der Waals surface area contributed by atoms with Crippen molar-refractivity contribution in [2.24, 2.45) is 5.73 Å². The second-order valence-corrected chi connectivity index (χ2v) is 4.51. The summed E-state index contributed by atoms with van der Waals surface area (Å²) in [5.41, 5.74) is 6.18. The summed E-state index contributed by atoms with van der Waals surface area (Å²) in [6.45, 7) is 0. The van der Waals surface area contributed by atoms with Crippen LogP contribution in [0.2, 0.25) is 0 Å². The monoisotopic (exact) mass is 309 g/mol. The van der Waals surface area contributed by atoms with E-state index in [1.54, 1.807) is 18.2 Å². The highest BCUT2D eigenvalue weighted by molar-refractivity contribution is 6.03. The average molecular weight is 309 g/mol. The Balaban J connectivity index is 1.71. The lowest BCUT2D eigenvalue weighted by Gasteiger charge is -2.05. The summed E-state index contributed by atoms with van der Waals surface area (Å²) >= 11 is 0. The van der Waals surface area contributed by atoms with Crippen LogP contribution in [0.4, 0.5) is 5.69 Å². The topological polar surface area (TPSA) is 129 Å². The molecule has 1 aromatic carbocycles. The minimum atomic E-state index is -0.530. The average Bonchev–Trinajstić information content (AvgIpc) is 3.10. The molecule has 0 saturated carbocycles. The van der Waals surface area contributed by atoms with Gasteiger partial charge in [0.2, 0.25) is 5.91 Å². The number of hydrogen-bond donors (Lipinski definition) is 2. The standard InChI is InChI=1S/C14H11N7O2/c15-13(22)9-1-3-10(4-2-9)18-14(23)11-5-6-12(20-19-11)21-8-16-7-17-21/h1-8H,(H2,15,22)(H,18,23). The zero-order chi connectivity index (χ0) is 16.2. The number of carbonyl (C=O) groups excluding carboxylic acids is 2. The molecule has 3 aromatic rings. The Morgan fingerprint density at radius 3 is 2.39 bits per heavy atom. The molecule has 0 spiro atoms. The fourth-order valence-corrected chi connectivity index (χ4v) is 1.81. The number of nitrogens with zero attached hydrogens (tertiary/aromatic N) is 5. The van der Waals surface area contributed by atoms with Crippen molar-refractivity contribution < 1.29 is 9.59 Å². The summed E-state index contributed by atoms with van der Waals surface area (Å²) in [6, 6.07) is 9.34. The van der Waals surface area contributed by atoms with Gasteiger partial charge in [0, 0.05) is 11.3 Å². The minimum Gasteiger partial charge on any atom is -0.366 e. The molecule has 9 nitrogen and oxygen atoms in total. The summed E-state index contributed by atoms with van der Waals surface area (Å²) in [6.07, 6.45) is 2.85. The van der Waals surface area contributed by atoms with Gasteiger partial charge in [0.25, 0.3) is 5.91 Å². The van der Waals surface area contributed by atoms with Crippen LogP contribution in [0.1, 0.15) is 20.8 Å². The molecule has 0 aliphatic heterocycles. The lowest BCUT2D eigenvalue weighted by molar-refractivity contribution is 0.0997. The highest BCUT2D eigenvalue weighted by Crippen LogP contribution is 2.10. The number of carbonyl (C=O) groups is 2. The number of amides is 2. The Labute approximate surface area is 130 Å². The van der Waals surface area contributed by atoms with Crippen LogP contribution in [0, 0.1) is 0 Å². The maximum atomic E-state index is 12.1. The molecular weight excluding hydrogens is 298 g/mol. The molecule has 0 saturated heterocycles. The van der Waals surface area contributed by atoms with Crippen LogP contribution in [0.5, 0.6) is 0 Å². The van der Waals surface area contributed by atoms with Gasteiger partial charge in [-0.1, -0.05) is 0 Å². The number of hydrogen-bond acceptors (Lipinski definition) is 6. The van der Waals surface area contributed by atoms with Gasteiger partial charge in [0.15, 0.2) is 11.5 Å². The predicted octanol–water partition coefficient (Wildman–Crippen LogP) is 0.408. The normalized spacial score (nSPS) is 10.3. The highest BCUT2D eigenvalue weighted by atomic mass is 16.2. The second kappa shape index (κ2) is 6.02. The number of aromatic nitrogens is 5. The van der Waals surface area contributed by atoms with Crippen molar-refractivity contribution in [1.29, 1.82) is 0 Å². The summed E-state index contributed by atoms with van der Waals surface area (Å²) in [5.74, 6) is -0.503. The van der Waals surface area contributed by atoms with Crippen LogP contribution in [0.3, 0.4) is 0 Å².